The maximum absolute atomic E-state index is 12.7. The van der Waals surface area contributed by atoms with Crippen LogP contribution in [0.15, 0.2) is 30.5 Å². The SMILES string of the molecule is Cc1cc(C(=O)Nc2cnc3[nH]c(C4=CCN(C(=O)N5CCOCC5)CC4)cc3c2)n[nH]1. The first-order valence-electron chi connectivity index (χ1n) is 10.7. The Morgan fingerprint density at radius 1 is 1.12 bits per heavy atom. The summed E-state index contributed by atoms with van der Waals surface area (Å²) in [5.41, 5.74) is 4.66. The van der Waals surface area contributed by atoms with Gasteiger partial charge in [0.2, 0.25) is 0 Å². The highest BCUT2D eigenvalue weighted by atomic mass is 16.5. The van der Waals surface area contributed by atoms with Gasteiger partial charge < -0.3 is 24.8 Å². The van der Waals surface area contributed by atoms with Crippen molar-refractivity contribution in [1.29, 1.82) is 0 Å². The number of amides is 3. The lowest BCUT2D eigenvalue weighted by molar-refractivity contribution is 0.0441. The first kappa shape index (κ1) is 20.3. The molecule has 1 saturated heterocycles. The molecule has 5 rings (SSSR count). The minimum Gasteiger partial charge on any atom is -0.378 e. The Hall–Kier alpha value is -3.66. The minimum atomic E-state index is -0.286. The van der Waals surface area contributed by atoms with E-state index in [0.717, 1.165) is 34.4 Å². The van der Waals surface area contributed by atoms with Crippen LogP contribution in [0.2, 0.25) is 0 Å². The van der Waals surface area contributed by atoms with E-state index in [0.29, 0.717) is 50.8 Å². The van der Waals surface area contributed by atoms with Crippen molar-refractivity contribution in [3.8, 4) is 0 Å². The summed E-state index contributed by atoms with van der Waals surface area (Å²) < 4.78 is 5.33. The Bertz CT molecular complexity index is 1190. The van der Waals surface area contributed by atoms with Crippen molar-refractivity contribution in [2.45, 2.75) is 13.3 Å². The number of fused-ring (bicyclic) bond motifs is 1. The van der Waals surface area contributed by atoms with Crippen molar-refractivity contribution in [2.75, 3.05) is 44.7 Å². The zero-order chi connectivity index (χ0) is 22.1. The summed E-state index contributed by atoms with van der Waals surface area (Å²) in [4.78, 5) is 36.5. The standard InChI is InChI=1S/C22H25N7O3/c1-14-10-19(27-26-14)21(30)24-17-11-16-12-18(25-20(16)23-13-17)15-2-4-28(5-3-15)22(31)29-6-8-32-9-7-29/h2,10-13H,3-9H2,1H3,(H,23,25)(H,24,30)(H,26,27). The number of nitrogens with one attached hydrogen (secondary N) is 3. The molecule has 3 aromatic rings. The van der Waals surface area contributed by atoms with E-state index in [1.54, 1.807) is 12.3 Å². The second kappa shape index (κ2) is 8.46. The summed E-state index contributed by atoms with van der Waals surface area (Å²) in [7, 11) is 0. The van der Waals surface area contributed by atoms with Crippen molar-refractivity contribution < 1.29 is 14.3 Å². The number of hydrogen-bond donors (Lipinski definition) is 3. The average Bonchev–Trinajstić information content (AvgIpc) is 3.45. The second-order valence-electron chi connectivity index (χ2n) is 8.04. The number of aromatic nitrogens is 4. The molecule has 5 heterocycles. The topological polar surface area (TPSA) is 119 Å². The molecule has 1 fully saturated rings. The number of aryl methyl sites for hydroxylation is 1. The molecule has 0 saturated carbocycles. The van der Waals surface area contributed by atoms with Crippen LogP contribution in [0, 0.1) is 6.92 Å². The average molecular weight is 435 g/mol. The number of anilines is 1. The van der Waals surface area contributed by atoms with Crippen LogP contribution in [-0.4, -0.2) is 81.3 Å². The molecule has 3 N–H and O–H groups in total. The van der Waals surface area contributed by atoms with Crippen LogP contribution in [0.5, 0.6) is 0 Å². The molecule has 0 aromatic carbocycles. The number of morpholine rings is 1. The number of ether oxygens (including phenoxy) is 1. The number of carbonyl (C=O) groups excluding carboxylic acids is 2. The lowest BCUT2D eigenvalue weighted by Crippen LogP contribution is -2.49. The molecule has 0 unspecified atom stereocenters. The normalized spacial score (nSPS) is 16.8. The van der Waals surface area contributed by atoms with Gasteiger partial charge in [0.25, 0.3) is 5.91 Å². The van der Waals surface area contributed by atoms with E-state index in [-0.39, 0.29) is 11.9 Å². The monoisotopic (exact) mass is 435 g/mol. The Morgan fingerprint density at radius 3 is 2.69 bits per heavy atom. The molecule has 0 bridgehead atoms. The van der Waals surface area contributed by atoms with Crippen LogP contribution in [0.1, 0.15) is 28.3 Å². The largest absolute Gasteiger partial charge is 0.378 e. The quantitative estimate of drug-likeness (QED) is 0.584. The van der Waals surface area contributed by atoms with E-state index in [4.69, 9.17) is 4.74 Å². The van der Waals surface area contributed by atoms with Gasteiger partial charge in [-0.05, 0) is 37.1 Å². The van der Waals surface area contributed by atoms with Gasteiger partial charge in [-0.3, -0.25) is 9.89 Å². The summed E-state index contributed by atoms with van der Waals surface area (Å²) >= 11 is 0. The maximum atomic E-state index is 12.7. The van der Waals surface area contributed by atoms with Gasteiger partial charge in [0.1, 0.15) is 5.65 Å². The fourth-order valence-corrected chi connectivity index (χ4v) is 4.03. The van der Waals surface area contributed by atoms with Crippen LogP contribution in [0.4, 0.5) is 10.5 Å². The van der Waals surface area contributed by atoms with Gasteiger partial charge in [0, 0.05) is 43.0 Å². The Morgan fingerprint density at radius 2 is 1.97 bits per heavy atom. The number of nitrogens with zero attached hydrogens (tertiary/aromatic N) is 4. The molecule has 2 aliphatic rings. The molecule has 10 nitrogen and oxygen atoms in total. The van der Waals surface area contributed by atoms with Gasteiger partial charge in [-0.15, -0.1) is 0 Å². The molecule has 0 spiro atoms. The van der Waals surface area contributed by atoms with E-state index < -0.39 is 0 Å². The summed E-state index contributed by atoms with van der Waals surface area (Å²) in [6.45, 7) is 5.61. The number of H-pyrrole nitrogens is 2. The minimum absolute atomic E-state index is 0.0782. The predicted octanol–water partition coefficient (Wildman–Crippen LogP) is 2.39. The van der Waals surface area contributed by atoms with Gasteiger partial charge in [-0.2, -0.15) is 5.10 Å². The summed E-state index contributed by atoms with van der Waals surface area (Å²) in [5.74, 6) is -0.286. The van der Waals surface area contributed by atoms with Crippen LogP contribution in [0.25, 0.3) is 16.6 Å². The summed E-state index contributed by atoms with van der Waals surface area (Å²) in [6, 6.07) is 5.69. The van der Waals surface area contributed by atoms with Gasteiger partial charge in [-0.25, -0.2) is 9.78 Å². The Kier molecular flexibility index (Phi) is 5.36. The van der Waals surface area contributed by atoms with E-state index in [1.807, 2.05) is 28.9 Å². The van der Waals surface area contributed by atoms with Crippen molar-refractivity contribution in [3.63, 3.8) is 0 Å². The molecule has 10 heteroatoms. The molecular weight excluding hydrogens is 410 g/mol. The van der Waals surface area contributed by atoms with Crippen molar-refractivity contribution in [3.05, 3.63) is 47.6 Å². The maximum Gasteiger partial charge on any atom is 0.320 e. The third-order valence-corrected chi connectivity index (χ3v) is 5.77. The van der Waals surface area contributed by atoms with Gasteiger partial charge in [-0.1, -0.05) is 6.08 Å². The van der Waals surface area contributed by atoms with E-state index >= 15 is 0 Å². The molecule has 2 aliphatic heterocycles. The molecule has 0 aliphatic carbocycles. The number of hydrogen-bond acceptors (Lipinski definition) is 5. The van der Waals surface area contributed by atoms with Gasteiger partial charge in [0.15, 0.2) is 5.69 Å². The Labute approximate surface area is 184 Å². The first-order chi connectivity index (χ1) is 15.6. The molecule has 3 aromatic heterocycles. The van der Waals surface area contributed by atoms with Crippen LogP contribution >= 0.6 is 0 Å². The van der Waals surface area contributed by atoms with E-state index in [1.165, 1.54) is 0 Å². The van der Waals surface area contributed by atoms with Crippen molar-refractivity contribution in [1.82, 2.24) is 30.0 Å². The molecule has 0 radical (unpaired) electrons. The number of aromatic amines is 2. The highest BCUT2D eigenvalue weighted by Crippen LogP contribution is 2.26. The number of urea groups is 1. The van der Waals surface area contributed by atoms with Gasteiger partial charge >= 0.3 is 6.03 Å². The van der Waals surface area contributed by atoms with Gasteiger partial charge in [0.05, 0.1) is 25.1 Å². The highest BCUT2D eigenvalue weighted by Gasteiger charge is 2.25. The lowest BCUT2D eigenvalue weighted by Gasteiger charge is -2.34. The van der Waals surface area contributed by atoms with Crippen LogP contribution in [-0.2, 0) is 4.74 Å². The highest BCUT2D eigenvalue weighted by molar-refractivity contribution is 6.03. The number of pyridine rings is 1. The predicted molar refractivity (Wildman–Crippen MR) is 119 cm³/mol. The summed E-state index contributed by atoms with van der Waals surface area (Å²) in [6.07, 6.45) is 4.48. The fourth-order valence-electron chi connectivity index (χ4n) is 4.03. The molecule has 0 atom stereocenters. The summed E-state index contributed by atoms with van der Waals surface area (Å²) in [5, 5.41) is 10.5. The third kappa shape index (κ3) is 4.09. The smallest absolute Gasteiger partial charge is 0.320 e. The zero-order valence-electron chi connectivity index (χ0n) is 17.9. The fraction of sp³-hybridized carbons (Fsp3) is 0.364. The molecular formula is C22H25N7O3. The molecule has 166 valence electrons. The van der Waals surface area contributed by atoms with Crippen LogP contribution < -0.4 is 5.32 Å². The zero-order valence-corrected chi connectivity index (χ0v) is 17.9. The number of rotatable bonds is 3. The van der Waals surface area contributed by atoms with Crippen molar-refractivity contribution in [2.24, 2.45) is 0 Å². The first-order valence-corrected chi connectivity index (χ1v) is 10.7. The molecule has 3 amide bonds. The molecule has 32 heavy (non-hydrogen) atoms. The van der Waals surface area contributed by atoms with E-state index in [2.05, 4.69) is 31.6 Å². The third-order valence-electron chi connectivity index (χ3n) is 5.77. The van der Waals surface area contributed by atoms with Crippen molar-refractivity contribution >= 4 is 34.2 Å². The number of carbonyl (C=O) groups is 2. The van der Waals surface area contributed by atoms with Crippen LogP contribution in [0.3, 0.4) is 0 Å². The van der Waals surface area contributed by atoms with E-state index in [9.17, 15) is 9.59 Å². The second-order valence-corrected chi connectivity index (χ2v) is 8.04. The Balaban J connectivity index is 1.27. The lowest BCUT2D eigenvalue weighted by atomic mass is 10.0.